The van der Waals surface area contributed by atoms with Crippen LogP contribution in [0.5, 0.6) is 0 Å². The van der Waals surface area contributed by atoms with Crippen LogP contribution >= 0.6 is 0 Å². The lowest BCUT2D eigenvalue weighted by Crippen LogP contribution is -2.39. The normalized spacial score (nSPS) is 11.0. The number of nitrogens with one attached hydrogen (secondary N) is 2. The van der Waals surface area contributed by atoms with Crippen LogP contribution < -0.4 is 16.6 Å². The van der Waals surface area contributed by atoms with Gasteiger partial charge in [0, 0.05) is 6.54 Å². The van der Waals surface area contributed by atoms with Crippen LogP contribution in [0.4, 0.5) is 18.0 Å². The predicted octanol–water partition coefficient (Wildman–Crippen LogP) is 1.38. The molecule has 0 aliphatic heterocycles. The molecule has 0 radical (unpaired) electrons. The molecule has 0 atom stereocenters. The van der Waals surface area contributed by atoms with Gasteiger partial charge in [-0.3, -0.25) is 5.43 Å². The lowest BCUT2D eigenvalue weighted by molar-refractivity contribution is -0.137. The molecule has 7 heteroatoms. The number of amides is 2. The smallest absolute Gasteiger partial charge is 0.333 e. The zero-order chi connectivity index (χ0) is 12.2. The maximum Gasteiger partial charge on any atom is 0.416 e. The second-order valence-corrected chi connectivity index (χ2v) is 3.03. The van der Waals surface area contributed by atoms with Crippen molar-refractivity contribution in [3.8, 4) is 0 Å². The average Bonchev–Trinajstić information content (AvgIpc) is 2.25. The minimum absolute atomic E-state index is 0.0209. The first kappa shape index (κ1) is 12.3. The largest absolute Gasteiger partial charge is 0.416 e. The molecule has 0 unspecified atom stereocenters. The summed E-state index contributed by atoms with van der Waals surface area (Å²) in [5.74, 6) is 4.79. The van der Waals surface area contributed by atoms with E-state index in [2.05, 4.69) is 5.32 Å². The van der Waals surface area contributed by atoms with Crippen molar-refractivity contribution in [1.82, 2.24) is 10.7 Å². The van der Waals surface area contributed by atoms with E-state index in [4.69, 9.17) is 5.84 Å². The van der Waals surface area contributed by atoms with Crippen LogP contribution in [0.3, 0.4) is 0 Å². The number of benzene rings is 1. The second kappa shape index (κ2) is 4.84. The summed E-state index contributed by atoms with van der Waals surface area (Å²) in [5.41, 5.74) is 1.40. The van der Waals surface area contributed by atoms with Crippen LogP contribution in [0.1, 0.15) is 11.1 Å². The lowest BCUT2D eigenvalue weighted by atomic mass is 10.1. The van der Waals surface area contributed by atoms with Crippen LogP contribution in [-0.4, -0.2) is 6.03 Å². The van der Waals surface area contributed by atoms with Crippen molar-refractivity contribution in [2.24, 2.45) is 5.84 Å². The molecule has 4 nitrogen and oxygen atoms in total. The molecule has 1 rings (SSSR count). The highest BCUT2D eigenvalue weighted by Crippen LogP contribution is 2.29. The Morgan fingerprint density at radius 1 is 1.38 bits per heavy atom. The minimum Gasteiger partial charge on any atom is -0.333 e. The number of halogens is 3. The third kappa shape index (κ3) is 3.43. The summed E-state index contributed by atoms with van der Waals surface area (Å²) in [7, 11) is 0. The molecule has 88 valence electrons. The average molecular weight is 233 g/mol. The molecule has 1 aromatic carbocycles. The van der Waals surface area contributed by atoms with E-state index in [9.17, 15) is 18.0 Å². The third-order valence-electron chi connectivity index (χ3n) is 1.84. The zero-order valence-corrected chi connectivity index (χ0v) is 8.14. The van der Waals surface area contributed by atoms with Gasteiger partial charge in [-0.15, -0.1) is 0 Å². The van der Waals surface area contributed by atoms with E-state index in [-0.39, 0.29) is 6.54 Å². The van der Waals surface area contributed by atoms with Crippen molar-refractivity contribution in [3.05, 3.63) is 35.4 Å². The van der Waals surface area contributed by atoms with E-state index in [0.717, 1.165) is 12.1 Å². The summed E-state index contributed by atoms with van der Waals surface area (Å²) < 4.78 is 36.9. The SMILES string of the molecule is NNC(=O)NCc1cccc(C(F)(F)F)c1. The fraction of sp³-hybridized carbons (Fsp3) is 0.222. The molecular weight excluding hydrogens is 223 g/mol. The highest BCUT2D eigenvalue weighted by molar-refractivity contribution is 5.73. The first-order valence-corrected chi connectivity index (χ1v) is 4.34. The Morgan fingerprint density at radius 2 is 2.06 bits per heavy atom. The quantitative estimate of drug-likeness (QED) is 0.410. The van der Waals surface area contributed by atoms with Crippen LogP contribution in [0.15, 0.2) is 24.3 Å². The molecule has 0 saturated heterocycles. The number of nitrogens with two attached hydrogens (primary N) is 1. The predicted molar refractivity (Wildman–Crippen MR) is 51.0 cm³/mol. The Labute approximate surface area is 89.6 Å². The van der Waals surface area contributed by atoms with E-state index in [1.165, 1.54) is 12.1 Å². The van der Waals surface area contributed by atoms with Gasteiger partial charge in [0.05, 0.1) is 5.56 Å². The summed E-state index contributed by atoms with van der Waals surface area (Å²) in [4.78, 5) is 10.7. The number of hydrogen-bond donors (Lipinski definition) is 3. The maximum absolute atomic E-state index is 12.3. The molecule has 0 spiro atoms. The molecule has 0 heterocycles. The van der Waals surface area contributed by atoms with Crippen LogP contribution in [0.25, 0.3) is 0 Å². The van der Waals surface area contributed by atoms with Crippen molar-refractivity contribution >= 4 is 6.03 Å². The van der Waals surface area contributed by atoms with Crippen molar-refractivity contribution in [2.45, 2.75) is 12.7 Å². The highest BCUT2D eigenvalue weighted by atomic mass is 19.4. The van der Waals surface area contributed by atoms with Gasteiger partial charge < -0.3 is 5.32 Å². The molecule has 0 aromatic heterocycles. The zero-order valence-electron chi connectivity index (χ0n) is 8.14. The van der Waals surface area contributed by atoms with Crippen LogP contribution in [0.2, 0.25) is 0 Å². The first-order chi connectivity index (χ1) is 7.43. The molecular formula is C9H10F3N3O. The van der Waals surface area contributed by atoms with Gasteiger partial charge in [-0.1, -0.05) is 12.1 Å². The number of rotatable bonds is 2. The van der Waals surface area contributed by atoms with E-state index in [0.29, 0.717) is 5.56 Å². The van der Waals surface area contributed by atoms with Crippen molar-refractivity contribution in [1.29, 1.82) is 0 Å². The number of alkyl halides is 3. The summed E-state index contributed by atoms with van der Waals surface area (Å²) in [5, 5.41) is 2.28. The van der Waals surface area contributed by atoms with Crippen molar-refractivity contribution in [2.75, 3.05) is 0 Å². The molecule has 0 saturated carbocycles. The molecule has 0 bridgehead atoms. The summed E-state index contributed by atoms with van der Waals surface area (Å²) in [6.07, 6.45) is -4.38. The number of urea groups is 1. The Bertz CT molecular complexity index is 379. The Morgan fingerprint density at radius 3 is 2.62 bits per heavy atom. The highest BCUT2D eigenvalue weighted by Gasteiger charge is 2.30. The molecule has 0 aliphatic rings. The number of carbonyl (C=O) groups is 1. The third-order valence-corrected chi connectivity index (χ3v) is 1.84. The van der Waals surface area contributed by atoms with Crippen molar-refractivity contribution < 1.29 is 18.0 Å². The van der Waals surface area contributed by atoms with Crippen LogP contribution in [-0.2, 0) is 12.7 Å². The lowest BCUT2D eigenvalue weighted by Gasteiger charge is -2.09. The summed E-state index contributed by atoms with van der Waals surface area (Å²) in [6.45, 7) is -0.0209. The monoisotopic (exact) mass is 233 g/mol. The van der Waals surface area contributed by atoms with Gasteiger partial charge >= 0.3 is 12.2 Å². The van der Waals surface area contributed by atoms with Crippen molar-refractivity contribution in [3.63, 3.8) is 0 Å². The van der Waals surface area contributed by atoms with Gasteiger partial charge in [0.1, 0.15) is 0 Å². The Hall–Kier alpha value is -1.76. The van der Waals surface area contributed by atoms with E-state index in [1.54, 1.807) is 0 Å². The van der Waals surface area contributed by atoms with Crippen LogP contribution in [0, 0.1) is 0 Å². The molecule has 2 amide bonds. The Kier molecular flexibility index (Phi) is 3.73. The molecule has 4 N–H and O–H groups in total. The van der Waals surface area contributed by atoms with E-state index >= 15 is 0 Å². The van der Waals surface area contributed by atoms with Gasteiger partial charge in [-0.05, 0) is 17.7 Å². The minimum atomic E-state index is -4.38. The number of carbonyl (C=O) groups excluding carboxylic acids is 1. The summed E-state index contributed by atoms with van der Waals surface area (Å²) >= 11 is 0. The van der Waals surface area contributed by atoms with Gasteiger partial charge in [0.2, 0.25) is 0 Å². The maximum atomic E-state index is 12.3. The first-order valence-electron chi connectivity index (χ1n) is 4.34. The number of hydrazine groups is 1. The van der Waals surface area contributed by atoms with Gasteiger partial charge in [0.15, 0.2) is 0 Å². The molecule has 16 heavy (non-hydrogen) atoms. The van der Waals surface area contributed by atoms with E-state index in [1.807, 2.05) is 5.43 Å². The molecule has 0 fully saturated rings. The van der Waals surface area contributed by atoms with Gasteiger partial charge in [-0.25, -0.2) is 10.6 Å². The fourth-order valence-corrected chi connectivity index (χ4v) is 1.09. The van der Waals surface area contributed by atoms with Gasteiger partial charge in [0.25, 0.3) is 0 Å². The van der Waals surface area contributed by atoms with Gasteiger partial charge in [-0.2, -0.15) is 13.2 Å². The molecule has 1 aromatic rings. The molecule has 0 aliphatic carbocycles. The number of hydrogen-bond acceptors (Lipinski definition) is 2. The summed E-state index contributed by atoms with van der Waals surface area (Å²) in [6, 6.07) is 4.03. The second-order valence-electron chi connectivity index (χ2n) is 3.03. The standard InChI is InChI=1S/C9H10F3N3O/c10-9(11,12)7-3-1-2-6(4-7)5-14-8(16)15-13/h1-4H,5,13H2,(H2,14,15,16). The van der Waals surface area contributed by atoms with E-state index < -0.39 is 17.8 Å². The Balaban J connectivity index is 2.72. The topological polar surface area (TPSA) is 67.1 Å². The fourth-order valence-electron chi connectivity index (χ4n) is 1.09.